The largest absolute Gasteiger partial charge is 0.491 e. The molecule has 0 atom stereocenters. The summed E-state index contributed by atoms with van der Waals surface area (Å²) in [7, 11) is 0. The Morgan fingerprint density at radius 1 is 1.39 bits per heavy atom. The molecule has 1 heterocycles. The molecule has 3 N–H and O–H groups in total. The van der Waals surface area contributed by atoms with Crippen molar-refractivity contribution in [2.75, 3.05) is 13.2 Å². The molecule has 0 bridgehead atoms. The lowest BCUT2D eigenvalue weighted by Gasteiger charge is -2.03. The summed E-state index contributed by atoms with van der Waals surface area (Å²) in [6.07, 6.45) is 1.73. The topological polar surface area (TPSA) is 84.9 Å². The van der Waals surface area contributed by atoms with Gasteiger partial charge in [0.25, 0.3) is 5.91 Å². The van der Waals surface area contributed by atoms with Gasteiger partial charge in [-0.1, -0.05) is 12.1 Å². The molecule has 1 aliphatic rings. The van der Waals surface area contributed by atoms with Crippen LogP contribution in [0.3, 0.4) is 0 Å². The van der Waals surface area contributed by atoms with Gasteiger partial charge in [0.1, 0.15) is 12.4 Å². The minimum absolute atomic E-state index is 0.0203. The van der Waals surface area contributed by atoms with Crippen molar-refractivity contribution in [2.45, 2.75) is 0 Å². The number of benzene rings is 1. The number of thioether (sulfide) groups is 1. The number of aliphatic hydroxyl groups excluding tert-OH is 1. The van der Waals surface area contributed by atoms with Gasteiger partial charge in [0.15, 0.2) is 5.17 Å². The Morgan fingerprint density at radius 3 is 2.67 bits per heavy atom. The summed E-state index contributed by atoms with van der Waals surface area (Å²) in [5.41, 5.74) is 6.32. The fourth-order valence-electron chi connectivity index (χ4n) is 1.40. The molecule has 0 saturated carbocycles. The molecule has 1 amide bonds. The fraction of sp³-hybridized carbons (Fsp3) is 0.167. The molecule has 1 aliphatic heterocycles. The lowest BCUT2D eigenvalue weighted by molar-refractivity contribution is -0.113. The summed E-state index contributed by atoms with van der Waals surface area (Å²) >= 11 is 1.16. The molecule has 0 spiro atoms. The van der Waals surface area contributed by atoms with E-state index in [0.717, 1.165) is 17.3 Å². The number of ether oxygens (including phenoxy) is 1. The zero-order chi connectivity index (χ0) is 13.0. The van der Waals surface area contributed by atoms with Gasteiger partial charge in [-0.3, -0.25) is 4.79 Å². The van der Waals surface area contributed by atoms with E-state index in [1.165, 1.54) is 0 Å². The maximum atomic E-state index is 11.4. The number of hydrogen-bond acceptors (Lipinski definition) is 5. The number of nitrogens with two attached hydrogens (primary N) is 1. The van der Waals surface area contributed by atoms with Crippen LogP contribution in [0.15, 0.2) is 34.2 Å². The molecule has 1 aromatic carbocycles. The van der Waals surface area contributed by atoms with Crippen molar-refractivity contribution in [3.05, 3.63) is 34.7 Å². The summed E-state index contributed by atoms with van der Waals surface area (Å²) < 4.78 is 5.23. The van der Waals surface area contributed by atoms with Gasteiger partial charge in [-0.2, -0.15) is 4.99 Å². The van der Waals surface area contributed by atoms with E-state index < -0.39 is 0 Å². The molecule has 6 heteroatoms. The maximum Gasteiger partial charge on any atom is 0.286 e. The molecular weight excluding hydrogens is 252 g/mol. The first-order chi connectivity index (χ1) is 8.69. The predicted molar refractivity (Wildman–Crippen MR) is 71.2 cm³/mol. The standard InChI is InChI=1S/C12H12N2O3S/c13-12-14-11(16)10(18-12)7-8-1-3-9(4-2-8)17-6-5-15/h1-4,7,15H,5-6H2,(H2,13,14,16)/b10-7-. The third kappa shape index (κ3) is 3.12. The third-order valence-electron chi connectivity index (χ3n) is 2.17. The Morgan fingerprint density at radius 2 is 2.11 bits per heavy atom. The molecular formula is C12H12N2O3S. The average Bonchev–Trinajstić information content (AvgIpc) is 2.67. The van der Waals surface area contributed by atoms with Crippen molar-refractivity contribution in [2.24, 2.45) is 10.7 Å². The molecule has 0 saturated heterocycles. The zero-order valence-electron chi connectivity index (χ0n) is 9.50. The van der Waals surface area contributed by atoms with Crippen molar-refractivity contribution >= 4 is 28.9 Å². The summed E-state index contributed by atoms with van der Waals surface area (Å²) in [5, 5.41) is 8.90. The first kappa shape index (κ1) is 12.7. The number of amidine groups is 1. The van der Waals surface area contributed by atoms with Crippen LogP contribution in [0.1, 0.15) is 5.56 Å². The van der Waals surface area contributed by atoms with E-state index in [1.54, 1.807) is 18.2 Å². The van der Waals surface area contributed by atoms with Crippen LogP contribution in [0, 0.1) is 0 Å². The van der Waals surface area contributed by atoms with Crippen molar-refractivity contribution in [3.63, 3.8) is 0 Å². The van der Waals surface area contributed by atoms with Crippen LogP contribution < -0.4 is 10.5 Å². The van der Waals surface area contributed by atoms with Gasteiger partial charge in [-0.05, 0) is 35.5 Å². The molecule has 1 aromatic rings. The Kier molecular flexibility index (Phi) is 4.01. The molecule has 5 nitrogen and oxygen atoms in total. The first-order valence-electron chi connectivity index (χ1n) is 5.31. The molecule has 94 valence electrons. The highest BCUT2D eigenvalue weighted by atomic mass is 32.2. The number of hydrogen-bond donors (Lipinski definition) is 2. The third-order valence-corrected chi connectivity index (χ3v) is 2.99. The number of carbonyl (C=O) groups excluding carboxylic acids is 1. The Hall–Kier alpha value is -1.79. The van der Waals surface area contributed by atoms with Crippen molar-refractivity contribution in [1.82, 2.24) is 0 Å². The van der Waals surface area contributed by atoms with Gasteiger partial charge >= 0.3 is 0 Å². The van der Waals surface area contributed by atoms with Crippen molar-refractivity contribution in [1.29, 1.82) is 0 Å². The van der Waals surface area contributed by atoms with Gasteiger partial charge in [-0.25, -0.2) is 0 Å². The van der Waals surface area contributed by atoms with Crippen LogP contribution in [0.25, 0.3) is 6.08 Å². The van der Waals surface area contributed by atoms with Gasteiger partial charge < -0.3 is 15.6 Å². The smallest absolute Gasteiger partial charge is 0.286 e. The summed E-state index contributed by atoms with van der Waals surface area (Å²) in [6, 6.07) is 7.19. The highest BCUT2D eigenvalue weighted by molar-refractivity contribution is 8.18. The Bertz CT molecular complexity index is 509. The number of amides is 1. The maximum absolute atomic E-state index is 11.4. The minimum Gasteiger partial charge on any atom is -0.491 e. The molecule has 18 heavy (non-hydrogen) atoms. The molecule has 0 unspecified atom stereocenters. The van der Waals surface area contributed by atoms with Crippen LogP contribution in [-0.4, -0.2) is 29.4 Å². The number of nitrogens with zero attached hydrogens (tertiary/aromatic N) is 1. The van der Waals surface area contributed by atoms with Crippen LogP contribution >= 0.6 is 11.8 Å². The Balaban J connectivity index is 2.07. The van der Waals surface area contributed by atoms with Gasteiger partial charge in [0.2, 0.25) is 0 Å². The van der Waals surface area contributed by atoms with Crippen LogP contribution in [0.2, 0.25) is 0 Å². The van der Waals surface area contributed by atoms with E-state index in [-0.39, 0.29) is 24.3 Å². The number of rotatable bonds is 4. The number of aliphatic hydroxyl groups is 1. The molecule has 0 aromatic heterocycles. The highest BCUT2D eigenvalue weighted by Gasteiger charge is 2.19. The van der Waals surface area contributed by atoms with Crippen molar-refractivity contribution < 1.29 is 14.6 Å². The summed E-state index contributed by atoms with van der Waals surface area (Å²) in [4.78, 5) is 15.5. The average molecular weight is 264 g/mol. The molecule has 0 fully saturated rings. The molecule has 0 radical (unpaired) electrons. The van der Waals surface area contributed by atoms with Crippen LogP contribution in [0.5, 0.6) is 5.75 Å². The van der Waals surface area contributed by atoms with Gasteiger partial charge in [-0.15, -0.1) is 0 Å². The van der Waals surface area contributed by atoms with Gasteiger partial charge in [0, 0.05) is 0 Å². The SMILES string of the molecule is NC1=NC(=O)/C(=C/c2ccc(OCCO)cc2)S1. The van der Waals surface area contributed by atoms with Crippen LogP contribution in [0.4, 0.5) is 0 Å². The summed E-state index contributed by atoms with van der Waals surface area (Å²) in [6.45, 7) is 0.243. The van der Waals surface area contributed by atoms with E-state index >= 15 is 0 Å². The van der Waals surface area contributed by atoms with E-state index in [2.05, 4.69) is 4.99 Å². The molecule has 0 aliphatic carbocycles. The first-order valence-corrected chi connectivity index (χ1v) is 6.12. The number of carbonyl (C=O) groups is 1. The second-order valence-corrected chi connectivity index (χ2v) is 4.57. The fourth-order valence-corrected chi connectivity index (χ4v) is 2.08. The minimum atomic E-state index is -0.307. The number of aliphatic imine (C=N–C) groups is 1. The summed E-state index contributed by atoms with van der Waals surface area (Å²) in [5.74, 6) is 0.366. The molecule has 2 rings (SSSR count). The lowest BCUT2D eigenvalue weighted by Crippen LogP contribution is -2.01. The lowest BCUT2D eigenvalue weighted by atomic mass is 10.2. The highest BCUT2D eigenvalue weighted by Crippen LogP contribution is 2.26. The zero-order valence-corrected chi connectivity index (χ0v) is 10.3. The second kappa shape index (κ2) is 5.70. The van der Waals surface area contributed by atoms with E-state index in [0.29, 0.717) is 10.7 Å². The van der Waals surface area contributed by atoms with E-state index in [4.69, 9.17) is 15.6 Å². The van der Waals surface area contributed by atoms with Crippen LogP contribution in [-0.2, 0) is 4.79 Å². The predicted octanol–water partition coefficient (Wildman–Crippen LogP) is 0.987. The Labute approximate surface area is 108 Å². The van der Waals surface area contributed by atoms with Gasteiger partial charge in [0.05, 0.1) is 11.5 Å². The van der Waals surface area contributed by atoms with E-state index in [9.17, 15) is 4.79 Å². The monoisotopic (exact) mass is 264 g/mol. The normalized spacial score (nSPS) is 17.1. The second-order valence-electron chi connectivity index (χ2n) is 3.51. The van der Waals surface area contributed by atoms with Crippen molar-refractivity contribution in [3.8, 4) is 5.75 Å². The van der Waals surface area contributed by atoms with E-state index in [1.807, 2.05) is 12.1 Å². The quantitative estimate of drug-likeness (QED) is 0.792.